The molecule has 0 aliphatic rings. The summed E-state index contributed by atoms with van der Waals surface area (Å²) in [6, 6.07) is 6.89. The topological polar surface area (TPSA) is 66.5 Å². The van der Waals surface area contributed by atoms with E-state index in [1.807, 2.05) is 13.8 Å². The molecule has 1 rings (SSSR count). The summed E-state index contributed by atoms with van der Waals surface area (Å²) < 4.78 is 0. The Morgan fingerprint density at radius 2 is 1.67 bits per heavy atom. The van der Waals surface area contributed by atoms with Crippen LogP contribution in [0.5, 0.6) is 0 Å². The molecule has 5 heteroatoms. The van der Waals surface area contributed by atoms with Crippen molar-refractivity contribution in [3.63, 3.8) is 0 Å². The average Bonchev–Trinajstić information content (AvgIpc) is 2.38. The van der Waals surface area contributed by atoms with E-state index in [4.69, 9.17) is 0 Å². The molecule has 0 unspecified atom stereocenters. The highest BCUT2D eigenvalue weighted by atomic mass is 16.2. The minimum atomic E-state index is -0.136. The summed E-state index contributed by atoms with van der Waals surface area (Å²) in [6.45, 7) is 7.04. The van der Waals surface area contributed by atoms with Crippen molar-refractivity contribution in [1.29, 1.82) is 0 Å². The van der Waals surface area contributed by atoms with E-state index in [0.717, 1.165) is 0 Å². The van der Waals surface area contributed by atoms with Crippen LogP contribution in [0.25, 0.3) is 0 Å². The maximum Gasteiger partial charge on any atom is 0.223 e. The van der Waals surface area contributed by atoms with Crippen molar-refractivity contribution in [2.24, 2.45) is 0 Å². The van der Waals surface area contributed by atoms with Gasteiger partial charge in [0.1, 0.15) is 0 Å². The number of rotatable bonds is 6. The number of carbonyl (C=O) groups is 3. The Morgan fingerprint density at radius 1 is 1.10 bits per heavy atom. The molecular weight excluding hydrogens is 268 g/mol. The fourth-order valence-electron chi connectivity index (χ4n) is 1.95. The van der Waals surface area contributed by atoms with Gasteiger partial charge in [-0.2, -0.15) is 0 Å². The molecule has 0 radical (unpaired) electrons. The van der Waals surface area contributed by atoms with Crippen LogP contribution >= 0.6 is 0 Å². The second kappa shape index (κ2) is 7.57. The standard InChI is InChI=1S/C16H22N2O3/c1-11(2)17-16(21)9-10-18(13(4)20)15-7-5-14(6-8-15)12(3)19/h5-8,11H,9-10H2,1-4H3,(H,17,21). The van der Waals surface area contributed by atoms with Gasteiger partial charge in [-0.15, -0.1) is 0 Å². The normalized spacial score (nSPS) is 10.3. The van der Waals surface area contributed by atoms with Gasteiger partial charge in [0, 0.05) is 37.2 Å². The van der Waals surface area contributed by atoms with Gasteiger partial charge in [-0.05, 0) is 45.0 Å². The van der Waals surface area contributed by atoms with Crippen LogP contribution in [-0.4, -0.2) is 30.2 Å². The van der Waals surface area contributed by atoms with E-state index >= 15 is 0 Å². The summed E-state index contributed by atoms with van der Waals surface area (Å²) >= 11 is 0. The second-order valence-electron chi connectivity index (χ2n) is 5.25. The molecule has 0 atom stereocenters. The first kappa shape index (κ1) is 16.9. The van der Waals surface area contributed by atoms with Gasteiger partial charge in [-0.25, -0.2) is 0 Å². The molecule has 0 spiro atoms. The van der Waals surface area contributed by atoms with Crippen molar-refractivity contribution in [3.05, 3.63) is 29.8 Å². The van der Waals surface area contributed by atoms with E-state index < -0.39 is 0 Å². The van der Waals surface area contributed by atoms with E-state index in [0.29, 0.717) is 17.8 Å². The van der Waals surface area contributed by atoms with E-state index in [1.165, 1.54) is 18.7 Å². The highest BCUT2D eigenvalue weighted by Crippen LogP contribution is 2.16. The maximum absolute atomic E-state index is 11.7. The molecular formula is C16H22N2O3. The third-order valence-electron chi connectivity index (χ3n) is 2.98. The number of amides is 2. The first-order valence-corrected chi connectivity index (χ1v) is 6.99. The average molecular weight is 290 g/mol. The zero-order valence-electron chi connectivity index (χ0n) is 13.0. The van der Waals surface area contributed by atoms with Crippen LogP contribution in [0, 0.1) is 0 Å². The van der Waals surface area contributed by atoms with Gasteiger partial charge in [0.05, 0.1) is 0 Å². The molecule has 1 N–H and O–H groups in total. The first-order valence-electron chi connectivity index (χ1n) is 6.99. The van der Waals surface area contributed by atoms with Crippen molar-refractivity contribution in [2.75, 3.05) is 11.4 Å². The number of hydrogen-bond donors (Lipinski definition) is 1. The SMILES string of the molecule is CC(=O)c1ccc(N(CCC(=O)NC(C)C)C(C)=O)cc1. The second-order valence-corrected chi connectivity index (χ2v) is 5.25. The van der Waals surface area contributed by atoms with Crippen LogP contribution in [0.15, 0.2) is 24.3 Å². The molecule has 114 valence electrons. The van der Waals surface area contributed by atoms with Crippen molar-refractivity contribution in [1.82, 2.24) is 5.32 Å². The predicted octanol–water partition coefficient (Wildman–Crippen LogP) is 2.16. The Kier molecular flexibility index (Phi) is 6.09. The molecule has 0 bridgehead atoms. The van der Waals surface area contributed by atoms with Gasteiger partial charge < -0.3 is 10.2 Å². The number of benzene rings is 1. The Bertz CT molecular complexity index is 521. The number of Topliss-reactive ketones (excluding diaryl/α,β-unsaturated/α-hetero) is 1. The van der Waals surface area contributed by atoms with Gasteiger partial charge in [0.15, 0.2) is 5.78 Å². The van der Waals surface area contributed by atoms with E-state index in [9.17, 15) is 14.4 Å². The molecule has 0 aliphatic carbocycles. The van der Waals surface area contributed by atoms with Crippen LogP contribution in [0.3, 0.4) is 0 Å². The van der Waals surface area contributed by atoms with E-state index in [-0.39, 0.29) is 30.1 Å². The molecule has 0 aromatic heterocycles. The van der Waals surface area contributed by atoms with Gasteiger partial charge >= 0.3 is 0 Å². The minimum absolute atomic E-state index is 0.0211. The number of anilines is 1. The molecule has 0 heterocycles. The fourth-order valence-corrected chi connectivity index (χ4v) is 1.95. The molecule has 0 saturated carbocycles. The summed E-state index contributed by atoms with van der Waals surface area (Å²) in [4.78, 5) is 36.2. The van der Waals surface area contributed by atoms with Gasteiger partial charge in [0.25, 0.3) is 0 Å². The van der Waals surface area contributed by atoms with Crippen molar-refractivity contribution >= 4 is 23.3 Å². The molecule has 0 aliphatic heterocycles. The van der Waals surface area contributed by atoms with Gasteiger partial charge in [-0.1, -0.05) is 0 Å². The van der Waals surface area contributed by atoms with Crippen LogP contribution < -0.4 is 10.2 Å². The summed E-state index contributed by atoms with van der Waals surface area (Å²) in [5, 5.41) is 2.79. The largest absolute Gasteiger partial charge is 0.354 e. The molecule has 21 heavy (non-hydrogen) atoms. The van der Waals surface area contributed by atoms with Crippen LogP contribution in [0.4, 0.5) is 5.69 Å². The van der Waals surface area contributed by atoms with E-state index in [1.54, 1.807) is 24.3 Å². The minimum Gasteiger partial charge on any atom is -0.354 e. The van der Waals surface area contributed by atoms with Crippen LogP contribution in [0.1, 0.15) is 44.5 Å². The Hall–Kier alpha value is -2.17. The van der Waals surface area contributed by atoms with Crippen LogP contribution in [-0.2, 0) is 9.59 Å². The Labute approximate surface area is 125 Å². The monoisotopic (exact) mass is 290 g/mol. The van der Waals surface area contributed by atoms with Crippen molar-refractivity contribution in [2.45, 2.75) is 40.2 Å². The summed E-state index contributed by atoms with van der Waals surface area (Å²) in [5.74, 6) is -0.244. The number of nitrogens with zero attached hydrogens (tertiary/aromatic N) is 1. The fraction of sp³-hybridized carbons (Fsp3) is 0.438. The molecule has 0 saturated heterocycles. The lowest BCUT2D eigenvalue weighted by Crippen LogP contribution is -2.36. The first-order chi connectivity index (χ1) is 9.81. The number of hydrogen-bond acceptors (Lipinski definition) is 3. The highest BCUT2D eigenvalue weighted by molar-refractivity contribution is 5.96. The van der Waals surface area contributed by atoms with Gasteiger partial charge in [0.2, 0.25) is 11.8 Å². The summed E-state index contributed by atoms with van der Waals surface area (Å²) in [5.41, 5.74) is 1.28. The Morgan fingerprint density at radius 3 is 2.10 bits per heavy atom. The summed E-state index contributed by atoms with van der Waals surface area (Å²) in [6.07, 6.45) is 0.242. The molecule has 1 aromatic carbocycles. The third kappa shape index (κ3) is 5.38. The number of nitrogens with one attached hydrogen (secondary N) is 1. The smallest absolute Gasteiger partial charge is 0.223 e. The highest BCUT2D eigenvalue weighted by Gasteiger charge is 2.14. The molecule has 1 aromatic rings. The van der Waals surface area contributed by atoms with Gasteiger partial charge in [-0.3, -0.25) is 14.4 Å². The van der Waals surface area contributed by atoms with Crippen molar-refractivity contribution in [3.8, 4) is 0 Å². The zero-order chi connectivity index (χ0) is 16.0. The molecule has 2 amide bonds. The number of carbonyl (C=O) groups excluding carboxylic acids is 3. The summed E-state index contributed by atoms with van der Waals surface area (Å²) in [7, 11) is 0. The maximum atomic E-state index is 11.7. The lowest BCUT2D eigenvalue weighted by Gasteiger charge is -2.21. The third-order valence-corrected chi connectivity index (χ3v) is 2.98. The quantitative estimate of drug-likeness (QED) is 0.816. The van der Waals surface area contributed by atoms with E-state index in [2.05, 4.69) is 5.32 Å². The van der Waals surface area contributed by atoms with Crippen molar-refractivity contribution < 1.29 is 14.4 Å². The zero-order valence-corrected chi connectivity index (χ0v) is 13.0. The lowest BCUT2D eigenvalue weighted by molar-refractivity contribution is -0.121. The Balaban J connectivity index is 2.75. The van der Waals surface area contributed by atoms with Crippen LogP contribution in [0.2, 0.25) is 0 Å². The number of ketones is 1. The lowest BCUT2D eigenvalue weighted by atomic mass is 10.1. The molecule has 0 fully saturated rings. The molecule has 5 nitrogen and oxygen atoms in total. The predicted molar refractivity (Wildman–Crippen MR) is 82.4 cm³/mol.